The zero-order valence-electron chi connectivity index (χ0n) is 15.2. The van der Waals surface area contributed by atoms with E-state index in [1.54, 1.807) is 17.0 Å². The van der Waals surface area contributed by atoms with Crippen LogP contribution in [0, 0.1) is 0 Å². The lowest BCUT2D eigenvalue weighted by atomic mass is 10.1. The number of halogens is 1. The molecular formula is C20H23ClN4O2. The second-order valence-electron chi connectivity index (χ2n) is 6.37. The first-order chi connectivity index (χ1) is 13.1. The minimum absolute atomic E-state index is 0.0225. The molecule has 0 unspecified atom stereocenters. The van der Waals surface area contributed by atoms with Crippen LogP contribution in [-0.4, -0.2) is 36.6 Å². The van der Waals surface area contributed by atoms with E-state index in [1.165, 1.54) is 0 Å². The summed E-state index contributed by atoms with van der Waals surface area (Å²) in [4.78, 5) is 28.1. The van der Waals surface area contributed by atoms with Gasteiger partial charge in [0.05, 0.1) is 0 Å². The third-order valence-corrected chi connectivity index (χ3v) is 4.58. The first-order valence-corrected chi connectivity index (χ1v) is 9.40. The van der Waals surface area contributed by atoms with Crippen LogP contribution in [-0.2, 0) is 6.54 Å². The highest BCUT2D eigenvalue weighted by atomic mass is 35.5. The summed E-state index contributed by atoms with van der Waals surface area (Å²) in [5.41, 5.74) is 2.52. The molecule has 1 fully saturated rings. The number of hydrogen-bond donors (Lipinski definition) is 2. The Morgan fingerprint density at radius 3 is 2.63 bits per heavy atom. The zero-order valence-corrected chi connectivity index (χ0v) is 16.0. The van der Waals surface area contributed by atoms with Crippen molar-refractivity contribution in [3.05, 3.63) is 59.1 Å². The monoisotopic (exact) mass is 386 g/mol. The Morgan fingerprint density at radius 1 is 1.15 bits per heavy atom. The molecule has 0 atom stereocenters. The Labute approximate surface area is 164 Å². The first-order valence-electron chi connectivity index (χ1n) is 9.02. The molecular weight excluding hydrogens is 364 g/mol. The van der Waals surface area contributed by atoms with Gasteiger partial charge < -0.3 is 15.5 Å². The Kier molecular flexibility index (Phi) is 6.19. The highest BCUT2D eigenvalue weighted by Gasteiger charge is 2.26. The first kappa shape index (κ1) is 19.0. The van der Waals surface area contributed by atoms with Gasteiger partial charge in [0.1, 0.15) is 0 Å². The van der Waals surface area contributed by atoms with Gasteiger partial charge in [-0.25, -0.2) is 9.59 Å². The predicted molar refractivity (Wildman–Crippen MR) is 108 cm³/mol. The van der Waals surface area contributed by atoms with Crippen LogP contribution in [0.3, 0.4) is 0 Å². The summed E-state index contributed by atoms with van der Waals surface area (Å²) >= 11 is 6.05. The van der Waals surface area contributed by atoms with Gasteiger partial charge >= 0.3 is 12.1 Å². The molecule has 1 heterocycles. The normalized spacial score (nSPS) is 14.2. The van der Waals surface area contributed by atoms with Crippen LogP contribution in [0.25, 0.3) is 0 Å². The second-order valence-corrected chi connectivity index (χ2v) is 6.81. The Hall–Kier alpha value is -2.73. The lowest BCUT2D eigenvalue weighted by Crippen LogP contribution is -2.49. The molecule has 1 aliphatic rings. The van der Waals surface area contributed by atoms with Crippen molar-refractivity contribution in [1.82, 2.24) is 10.2 Å². The topological polar surface area (TPSA) is 64.7 Å². The molecule has 7 heteroatoms. The molecule has 6 nitrogen and oxygen atoms in total. The van der Waals surface area contributed by atoms with E-state index in [2.05, 4.69) is 10.6 Å². The number of nitrogens with one attached hydrogen (secondary N) is 2. The molecule has 0 radical (unpaired) electrons. The van der Waals surface area contributed by atoms with Gasteiger partial charge in [0.2, 0.25) is 0 Å². The summed E-state index contributed by atoms with van der Waals surface area (Å²) in [5.74, 6) is 0. The summed E-state index contributed by atoms with van der Waals surface area (Å²) in [7, 11) is 0. The number of benzene rings is 2. The van der Waals surface area contributed by atoms with E-state index >= 15 is 0 Å². The lowest BCUT2D eigenvalue weighted by molar-refractivity contribution is 0.192. The molecule has 3 rings (SSSR count). The van der Waals surface area contributed by atoms with Crippen LogP contribution >= 0.6 is 11.6 Å². The van der Waals surface area contributed by atoms with Gasteiger partial charge in [-0.3, -0.25) is 4.90 Å². The van der Waals surface area contributed by atoms with Crippen molar-refractivity contribution in [2.45, 2.75) is 19.9 Å². The van der Waals surface area contributed by atoms with E-state index in [-0.39, 0.29) is 12.1 Å². The Balaban J connectivity index is 1.67. The summed E-state index contributed by atoms with van der Waals surface area (Å²) in [6.07, 6.45) is 0.894. The van der Waals surface area contributed by atoms with Crippen LogP contribution in [0.4, 0.5) is 21.0 Å². The van der Waals surface area contributed by atoms with Crippen molar-refractivity contribution >= 4 is 35.0 Å². The maximum absolute atomic E-state index is 12.9. The number of carbonyl (C=O) groups excluding carboxylic acids is 2. The van der Waals surface area contributed by atoms with Crippen LogP contribution in [0.15, 0.2) is 48.5 Å². The third kappa shape index (κ3) is 4.92. The maximum atomic E-state index is 12.9. The number of amides is 4. The fraction of sp³-hybridized carbons (Fsp3) is 0.300. The van der Waals surface area contributed by atoms with E-state index in [4.69, 9.17) is 11.6 Å². The van der Waals surface area contributed by atoms with Crippen molar-refractivity contribution in [3.63, 3.8) is 0 Å². The second kappa shape index (κ2) is 8.77. The average Bonchev–Trinajstić information content (AvgIpc) is 2.64. The van der Waals surface area contributed by atoms with Gasteiger partial charge in [-0.2, -0.15) is 0 Å². The number of urea groups is 2. The molecule has 4 amide bonds. The summed E-state index contributed by atoms with van der Waals surface area (Å²) in [5, 5.41) is 6.11. The quantitative estimate of drug-likeness (QED) is 0.804. The number of hydrogen-bond acceptors (Lipinski definition) is 2. The van der Waals surface area contributed by atoms with Gasteiger partial charge in [0, 0.05) is 42.6 Å². The van der Waals surface area contributed by atoms with E-state index in [1.807, 2.05) is 48.2 Å². The predicted octanol–water partition coefficient (Wildman–Crippen LogP) is 4.31. The molecule has 0 saturated carbocycles. The standard InChI is InChI=1S/C20H23ClN4O2/c1-2-22-19(26)23-17-7-9-18(10-8-17)25-12-4-11-24(20(25)27)14-15-5-3-6-16(21)13-15/h3,5-10,13H,2,4,11-12,14H2,1H3,(H2,22,23,26). The minimum atomic E-state index is -0.244. The highest BCUT2D eigenvalue weighted by molar-refractivity contribution is 6.30. The molecule has 2 aromatic rings. The Morgan fingerprint density at radius 2 is 1.93 bits per heavy atom. The van der Waals surface area contributed by atoms with Gasteiger partial charge in [0.25, 0.3) is 0 Å². The molecule has 142 valence electrons. The van der Waals surface area contributed by atoms with Crippen molar-refractivity contribution in [2.75, 3.05) is 29.9 Å². The van der Waals surface area contributed by atoms with Gasteiger partial charge in [-0.05, 0) is 55.3 Å². The van der Waals surface area contributed by atoms with Crippen LogP contribution in [0.2, 0.25) is 5.02 Å². The van der Waals surface area contributed by atoms with Crippen molar-refractivity contribution in [3.8, 4) is 0 Å². The van der Waals surface area contributed by atoms with Crippen molar-refractivity contribution in [2.24, 2.45) is 0 Å². The summed E-state index contributed by atoms with van der Waals surface area (Å²) in [6.45, 7) is 4.35. The molecule has 0 bridgehead atoms. The molecule has 1 aliphatic heterocycles. The number of rotatable bonds is 5. The van der Waals surface area contributed by atoms with E-state index in [9.17, 15) is 9.59 Å². The molecule has 27 heavy (non-hydrogen) atoms. The number of carbonyl (C=O) groups is 2. The number of nitrogens with zero attached hydrogens (tertiary/aromatic N) is 2. The Bertz CT molecular complexity index is 810. The SMILES string of the molecule is CCNC(=O)Nc1ccc(N2CCCN(Cc3cccc(Cl)c3)C2=O)cc1. The third-order valence-electron chi connectivity index (χ3n) is 4.35. The maximum Gasteiger partial charge on any atom is 0.324 e. The lowest BCUT2D eigenvalue weighted by Gasteiger charge is -2.35. The molecule has 0 aliphatic carbocycles. The smallest absolute Gasteiger partial charge is 0.324 e. The largest absolute Gasteiger partial charge is 0.338 e. The van der Waals surface area contributed by atoms with Crippen LogP contribution in [0.5, 0.6) is 0 Å². The summed E-state index contributed by atoms with van der Waals surface area (Å²) < 4.78 is 0. The molecule has 2 aromatic carbocycles. The summed E-state index contributed by atoms with van der Waals surface area (Å²) in [6, 6.07) is 14.6. The minimum Gasteiger partial charge on any atom is -0.338 e. The average molecular weight is 387 g/mol. The van der Waals surface area contributed by atoms with E-state index in [0.717, 1.165) is 24.2 Å². The fourth-order valence-electron chi connectivity index (χ4n) is 3.08. The van der Waals surface area contributed by atoms with Crippen molar-refractivity contribution in [1.29, 1.82) is 0 Å². The van der Waals surface area contributed by atoms with Crippen molar-refractivity contribution < 1.29 is 9.59 Å². The van der Waals surface area contributed by atoms with Gasteiger partial charge in [-0.1, -0.05) is 23.7 Å². The van der Waals surface area contributed by atoms with E-state index < -0.39 is 0 Å². The number of anilines is 2. The van der Waals surface area contributed by atoms with Crippen LogP contribution < -0.4 is 15.5 Å². The zero-order chi connectivity index (χ0) is 19.2. The molecule has 0 aromatic heterocycles. The molecule has 2 N–H and O–H groups in total. The van der Waals surface area contributed by atoms with Gasteiger partial charge in [-0.15, -0.1) is 0 Å². The van der Waals surface area contributed by atoms with Crippen LogP contribution in [0.1, 0.15) is 18.9 Å². The molecule has 0 spiro atoms. The fourth-order valence-corrected chi connectivity index (χ4v) is 3.30. The highest BCUT2D eigenvalue weighted by Crippen LogP contribution is 2.23. The van der Waals surface area contributed by atoms with E-state index in [0.29, 0.717) is 30.3 Å². The molecule has 1 saturated heterocycles. The van der Waals surface area contributed by atoms with Gasteiger partial charge in [0.15, 0.2) is 0 Å².